The lowest BCUT2D eigenvalue weighted by atomic mass is 10.1. The van der Waals surface area contributed by atoms with Crippen LogP contribution in [0.1, 0.15) is 31.8 Å². The SMILES string of the molecule is Cc1ccc(Cn2ccsc2=NC(=O)COC(=O)CN2C(=O)c3ccccc3C2=O)cc1. The van der Waals surface area contributed by atoms with E-state index in [1.807, 2.05) is 47.3 Å². The number of amides is 3. The number of ether oxygens (including phenoxy) is 1. The summed E-state index contributed by atoms with van der Waals surface area (Å²) in [6.07, 6.45) is 1.82. The van der Waals surface area contributed by atoms with E-state index in [1.54, 1.807) is 12.1 Å². The average molecular weight is 449 g/mol. The number of esters is 1. The number of aryl methyl sites for hydroxylation is 1. The van der Waals surface area contributed by atoms with Gasteiger partial charge < -0.3 is 9.30 Å². The number of nitrogens with zero attached hydrogens (tertiary/aromatic N) is 3. The number of hydrogen-bond donors (Lipinski definition) is 0. The molecule has 0 saturated heterocycles. The molecule has 0 fully saturated rings. The van der Waals surface area contributed by atoms with Gasteiger partial charge in [-0.2, -0.15) is 4.99 Å². The van der Waals surface area contributed by atoms with Crippen LogP contribution in [-0.4, -0.2) is 46.3 Å². The van der Waals surface area contributed by atoms with E-state index < -0.39 is 36.8 Å². The van der Waals surface area contributed by atoms with Crippen LogP contribution in [0.4, 0.5) is 0 Å². The van der Waals surface area contributed by atoms with Gasteiger partial charge in [-0.15, -0.1) is 11.3 Å². The van der Waals surface area contributed by atoms with Gasteiger partial charge in [0.25, 0.3) is 17.7 Å². The molecule has 0 saturated carbocycles. The Kier molecular flexibility index (Phi) is 6.09. The number of aromatic nitrogens is 1. The van der Waals surface area contributed by atoms with E-state index in [-0.39, 0.29) is 11.1 Å². The molecule has 2 aromatic carbocycles. The van der Waals surface area contributed by atoms with Gasteiger partial charge in [0, 0.05) is 18.1 Å². The lowest BCUT2D eigenvalue weighted by Gasteiger charge is -2.12. The molecule has 8 nitrogen and oxygen atoms in total. The smallest absolute Gasteiger partial charge is 0.326 e. The highest BCUT2D eigenvalue weighted by molar-refractivity contribution is 7.07. The molecule has 2 heterocycles. The lowest BCUT2D eigenvalue weighted by molar-refractivity contribution is -0.147. The van der Waals surface area contributed by atoms with Crippen LogP contribution in [0.25, 0.3) is 0 Å². The van der Waals surface area contributed by atoms with Gasteiger partial charge in [0.15, 0.2) is 11.4 Å². The highest BCUT2D eigenvalue weighted by Gasteiger charge is 2.36. The van der Waals surface area contributed by atoms with Crippen LogP contribution in [0.15, 0.2) is 65.1 Å². The van der Waals surface area contributed by atoms with Crippen LogP contribution in [0, 0.1) is 6.92 Å². The van der Waals surface area contributed by atoms with Crippen molar-refractivity contribution in [1.82, 2.24) is 9.47 Å². The summed E-state index contributed by atoms with van der Waals surface area (Å²) in [7, 11) is 0. The first-order chi connectivity index (χ1) is 15.4. The molecule has 0 atom stereocenters. The fourth-order valence-electron chi connectivity index (χ4n) is 3.24. The Morgan fingerprint density at radius 1 is 1.00 bits per heavy atom. The topological polar surface area (TPSA) is 98.0 Å². The Morgan fingerprint density at radius 2 is 1.66 bits per heavy atom. The average Bonchev–Trinajstić information content (AvgIpc) is 3.32. The molecular formula is C23H19N3O5S. The van der Waals surface area contributed by atoms with Crippen molar-refractivity contribution >= 4 is 35.0 Å². The maximum absolute atomic E-state index is 12.3. The normalized spacial score (nSPS) is 13.4. The summed E-state index contributed by atoms with van der Waals surface area (Å²) in [6.45, 7) is 1.42. The Labute approximate surface area is 187 Å². The number of thiazole rings is 1. The summed E-state index contributed by atoms with van der Waals surface area (Å²) in [5.74, 6) is -2.62. The number of carbonyl (C=O) groups is 4. The second-order valence-electron chi connectivity index (χ2n) is 7.21. The summed E-state index contributed by atoms with van der Waals surface area (Å²) in [5.41, 5.74) is 2.71. The largest absolute Gasteiger partial charge is 0.454 e. The van der Waals surface area contributed by atoms with E-state index in [1.165, 1.54) is 23.5 Å². The van der Waals surface area contributed by atoms with Crippen molar-refractivity contribution in [3.63, 3.8) is 0 Å². The van der Waals surface area contributed by atoms with Gasteiger partial charge in [-0.3, -0.25) is 24.1 Å². The highest BCUT2D eigenvalue weighted by Crippen LogP contribution is 2.22. The van der Waals surface area contributed by atoms with E-state index in [0.717, 1.165) is 16.0 Å². The Balaban J connectivity index is 1.35. The monoisotopic (exact) mass is 449 g/mol. The predicted molar refractivity (Wildman–Crippen MR) is 116 cm³/mol. The maximum atomic E-state index is 12.3. The summed E-state index contributed by atoms with van der Waals surface area (Å²) >= 11 is 1.29. The minimum absolute atomic E-state index is 0.243. The maximum Gasteiger partial charge on any atom is 0.326 e. The van der Waals surface area contributed by atoms with Crippen LogP contribution in [0.5, 0.6) is 0 Å². The Bertz CT molecular complexity index is 1240. The van der Waals surface area contributed by atoms with Gasteiger partial charge in [-0.25, -0.2) is 0 Å². The van der Waals surface area contributed by atoms with Crippen molar-refractivity contribution in [3.8, 4) is 0 Å². The van der Waals surface area contributed by atoms with Crippen LogP contribution < -0.4 is 4.80 Å². The van der Waals surface area contributed by atoms with E-state index >= 15 is 0 Å². The van der Waals surface area contributed by atoms with Gasteiger partial charge >= 0.3 is 5.97 Å². The van der Waals surface area contributed by atoms with E-state index in [4.69, 9.17) is 4.74 Å². The van der Waals surface area contributed by atoms with Gasteiger partial charge in [-0.1, -0.05) is 42.0 Å². The predicted octanol–water partition coefficient (Wildman–Crippen LogP) is 2.17. The van der Waals surface area contributed by atoms with Gasteiger partial charge in [0.05, 0.1) is 11.1 Å². The molecule has 0 bridgehead atoms. The summed E-state index contributed by atoms with van der Waals surface area (Å²) in [4.78, 5) is 54.3. The van der Waals surface area contributed by atoms with Crippen molar-refractivity contribution in [2.45, 2.75) is 13.5 Å². The molecule has 0 spiro atoms. The fourth-order valence-corrected chi connectivity index (χ4v) is 3.98. The van der Waals surface area contributed by atoms with Crippen molar-refractivity contribution in [2.75, 3.05) is 13.2 Å². The van der Waals surface area contributed by atoms with E-state index in [9.17, 15) is 19.2 Å². The molecule has 1 aliphatic heterocycles. The van der Waals surface area contributed by atoms with Crippen molar-refractivity contribution in [2.24, 2.45) is 4.99 Å². The molecule has 1 aliphatic rings. The molecule has 32 heavy (non-hydrogen) atoms. The molecule has 162 valence electrons. The standard InChI is InChI=1S/C23H19N3O5S/c1-15-6-8-16(9-7-15)12-25-10-11-32-23(25)24-19(27)14-31-20(28)13-26-21(29)17-4-2-3-5-18(17)22(26)30/h2-11H,12-14H2,1H3. The lowest BCUT2D eigenvalue weighted by Crippen LogP contribution is -2.36. The minimum Gasteiger partial charge on any atom is -0.454 e. The van der Waals surface area contributed by atoms with Crippen LogP contribution >= 0.6 is 11.3 Å². The Morgan fingerprint density at radius 3 is 2.31 bits per heavy atom. The zero-order valence-corrected chi connectivity index (χ0v) is 18.0. The summed E-state index contributed by atoms with van der Waals surface area (Å²) in [6, 6.07) is 14.4. The van der Waals surface area contributed by atoms with Crippen molar-refractivity contribution in [1.29, 1.82) is 0 Å². The third-order valence-electron chi connectivity index (χ3n) is 4.88. The highest BCUT2D eigenvalue weighted by atomic mass is 32.1. The molecule has 9 heteroatoms. The zero-order valence-electron chi connectivity index (χ0n) is 17.2. The third-order valence-corrected chi connectivity index (χ3v) is 5.67. The summed E-state index contributed by atoms with van der Waals surface area (Å²) < 4.78 is 6.78. The molecule has 3 aromatic rings. The van der Waals surface area contributed by atoms with E-state index in [0.29, 0.717) is 11.3 Å². The number of hydrogen-bond acceptors (Lipinski definition) is 6. The van der Waals surface area contributed by atoms with Crippen molar-refractivity contribution in [3.05, 3.63) is 87.2 Å². The number of imide groups is 1. The number of rotatable bonds is 6. The molecule has 0 aliphatic carbocycles. The zero-order chi connectivity index (χ0) is 22.7. The van der Waals surface area contributed by atoms with Crippen molar-refractivity contribution < 1.29 is 23.9 Å². The minimum atomic E-state index is -0.859. The molecule has 0 N–H and O–H groups in total. The second-order valence-corrected chi connectivity index (χ2v) is 8.08. The van der Waals surface area contributed by atoms with Gasteiger partial charge in [0.2, 0.25) is 0 Å². The van der Waals surface area contributed by atoms with Crippen LogP contribution in [-0.2, 0) is 20.9 Å². The number of benzene rings is 2. The molecular weight excluding hydrogens is 430 g/mol. The Hall–Kier alpha value is -3.85. The van der Waals surface area contributed by atoms with Gasteiger partial charge in [-0.05, 0) is 24.6 Å². The summed E-state index contributed by atoms with van der Waals surface area (Å²) in [5, 5.41) is 1.81. The number of fused-ring (bicyclic) bond motifs is 1. The second kappa shape index (κ2) is 9.11. The molecule has 3 amide bonds. The van der Waals surface area contributed by atoms with Crippen LogP contribution in [0.2, 0.25) is 0 Å². The molecule has 0 unspecified atom stereocenters. The van der Waals surface area contributed by atoms with E-state index in [2.05, 4.69) is 4.99 Å². The van der Waals surface area contributed by atoms with Crippen LogP contribution in [0.3, 0.4) is 0 Å². The molecule has 1 aromatic heterocycles. The number of carbonyl (C=O) groups excluding carboxylic acids is 4. The molecule has 0 radical (unpaired) electrons. The third kappa shape index (κ3) is 4.57. The first-order valence-electron chi connectivity index (χ1n) is 9.80. The molecule has 4 rings (SSSR count). The fraction of sp³-hybridized carbons (Fsp3) is 0.174. The quantitative estimate of drug-likeness (QED) is 0.424. The first-order valence-corrected chi connectivity index (χ1v) is 10.7. The first kappa shape index (κ1) is 21.4. The van der Waals surface area contributed by atoms with Gasteiger partial charge in [0.1, 0.15) is 6.54 Å².